The second-order valence-corrected chi connectivity index (χ2v) is 4.37. The highest BCUT2D eigenvalue weighted by Crippen LogP contribution is 2.23. The standard InChI is InChI=1S/C9H11N5O3S/c10-13-12-6-2-1-5-11-9(15)7-3-4-8(18-7)14(16)17/h3-4H,1-2,5-6H2,(H,11,15). The summed E-state index contributed by atoms with van der Waals surface area (Å²) in [4.78, 5) is 24.4. The van der Waals surface area contributed by atoms with E-state index in [-0.39, 0.29) is 10.9 Å². The van der Waals surface area contributed by atoms with Crippen molar-refractivity contribution in [1.29, 1.82) is 0 Å². The molecule has 1 heterocycles. The molecule has 0 unspecified atom stereocenters. The molecule has 0 fully saturated rings. The van der Waals surface area contributed by atoms with E-state index in [0.29, 0.717) is 30.8 Å². The highest BCUT2D eigenvalue weighted by Gasteiger charge is 2.14. The first-order chi connectivity index (χ1) is 8.65. The molecule has 1 N–H and O–H groups in total. The summed E-state index contributed by atoms with van der Waals surface area (Å²) in [6, 6.07) is 2.74. The van der Waals surface area contributed by atoms with Crippen LogP contribution in [-0.4, -0.2) is 23.9 Å². The summed E-state index contributed by atoms with van der Waals surface area (Å²) in [6.45, 7) is 0.850. The van der Waals surface area contributed by atoms with E-state index >= 15 is 0 Å². The minimum atomic E-state index is -0.526. The first kappa shape index (κ1) is 13.9. The lowest BCUT2D eigenvalue weighted by Crippen LogP contribution is -2.23. The number of hydrogen-bond donors (Lipinski definition) is 1. The van der Waals surface area contributed by atoms with Gasteiger partial charge in [0.25, 0.3) is 5.91 Å². The Hall–Kier alpha value is -2.12. The molecule has 18 heavy (non-hydrogen) atoms. The van der Waals surface area contributed by atoms with E-state index < -0.39 is 4.92 Å². The molecule has 0 bridgehead atoms. The van der Waals surface area contributed by atoms with Gasteiger partial charge in [-0.3, -0.25) is 14.9 Å². The van der Waals surface area contributed by atoms with Crippen LogP contribution in [0.4, 0.5) is 5.00 Å². The second-order valence-electron chi connectivity index (χ2n) is 3.31. The maximum absolute atomic E-state index is 11.6. The summed E-state index contributed by atoms with van der Waals surface area (Å²) in [5, 5.41) is 16.4. The molecule has 0 aliphatic carbocycles. The van der Waals surface area contributed by atoms with E-state index in [9.17, 15) is 14.9 Å². The maximum Gasteiger partial charge on any atom is 0.324 e. The molecule has 0 aromatic carbocycles. The van der Waals surface area contributed by atoms with Crippen molar-refractivity contribution < 1.29 is 9.72 Å². The van der Waals surface area contributed by atoms with E-state index in [2.05, 4.69) is 15.3 Å². The summed E-state index contributed by atoms with van der Waals surface area (Å²) in [6.07, 6.45) is 1.38. The molecule has 9 heteroatoms. The largest absolute Gasteiger partial charge is 0.351 e. The Morgan fingerprint density at radius 3 is 2.94 bits per heavy atom. The fourth-order valence-corrected chi connectivity index (χ4v) is 1.93. The number of rotatable bonds is 7. The van der Waals surface area contributed by atoms with Crippen LogP contribution >= 0.6 is 11.3 Å². The number of amides is 1. The number of nitrogens with one attached hydrogen (secondary N) is 1. The molecular weight excluding hydrogens is 258 g/mol. The van der Waals surface area contributed by atoms with Crippen molar-refractivity contribution in [2.75, 3.05) is 13.1 Å². The van der Waals surface area contributed by atoms with Gasteiger partial charge in [-0.25, -0.2) is 0 Å². The van der Waals surface area contributed by atoms with Crippen LogP contribution in [0.2, 0.25) is 0 Å². The maximum atomic E-state index is 11.6. The Kier molecular flexibility index (Phi) is 5.62. The Labute approximate surface area is 106 Å². The molecule has 0 spiro atoms. The number of hydrogen-bond acceptors (Lipinski definition) is 5. The van der Waals surface area contributed by atoms with Gasteiger partial charge in [0.1, 0.15) is 0 Å². The lowest BCUT2D eigenvalue weighted by molar-refractivity contribution is -0.380. The Morgan fingerprint density at radius 2 is 2.33 bits per heavy atom. The van der Waals surface area contributed by atoms with E-state index in [4.69, 9.17) is 5.53 Å². The van der Waals surface area contributed by atoms with Gasteiger partial charge in [-0.2, -0.15) is 0 Å². The smallest absolute Gasteiger partial charge is 0.324 e. The predicted molar refractivity (Wildman–Crippen MR) is 66.6 cm³/mol. The molecule has 1 rings (SSSR count). The van der Waals surface area contributed by atoms with Crippen LogP contribution in [0, 0.1) is 10.1 Å². The molecule has 0 aliphatic rings. The van der Waals surface area contributed by atoms with Crippen LogP contribution in [0.5, 0.6) is 0 Å². The van der Waals surface area contributed by atoms with Crippen LogP contribution in [0.3, 0.4) is 0 Å². The van der Waals surface area contributed by atoms with Gasteiger partial charge in [0.05, 0.1) is 9.80 Å². The molecule has 96 valence electrons. The third-order valence-corrected chi connectivity index (χ3v) is 3.06. The van der Waals surface area contributed by atoms with Crippen molar-refractivity contribution in [1.82, 2.24) is 5.32 Å². The van der Waals surface area contributed by atoms with Gasteiger partial charge >= 0.3 is 5.00 Å². The SMILES string of the molecule is [N-]=[N+]=NCCCCNC(=O)c1ccc([N+](=O)[O-])s1. The number of azide groups is 1. The third kappa shape index (κ3) is 4.40. The van der Waals surface area contributed by atoms with Crippen molar-refractivity contribution in [3.63, 3.8) is 0 Å². The molecular formula is C9H11N5O3S. The van der Waals surface area contributed by atoms with Crippen molar-refractivity contribution in [2.45, 2.75) is 12.8 Å². The molecule has 1 aromatic heterocycles. The topological polar surface area (TPSA) is 121 Å². The Balaban J connectivity index is 2.31. The highest BCUT2D eigenvalue weighted by atomic mass is 32.1. The van der Waals surface area contributed by atoms with Crippen LogP contribution in [-0.2, 0) is 0 Å². The van der Waals surface area contributed by atoms with E-state index in [1.807, 2.05) is 0 Å². The molecule has 0 saturated carbocycles. The van der Waals surface area contributed by atoms with Crippen molar-refractivity contribution >= 4 is 22.2 Å². The molecule has 0 atom stereocenters. The van der Waals surface area contributed by atoms with Gasteiger partial charge in [0.2, 0.25) is 0 Å². The molecule has 0 saturated heterocycles. The van der Waals surface area contributed by atoms with Gasteiger partial charge in [0, 0.05) is 24.1 Å². The zero-order valence-electron chi connectivity index (χ0n) is 9.40. The lowest BCUT2D eigenvalue weighted by atomic mass is 10.3. The van der Waals surface area contributed by atoms with Gasteiger partial charge in [-0.1, -0.05) is 16.5 Å². The van der Waals surface area contributed by atoms with E-state index in [0.717, 1.165) is 11.3 Å². The summed E-state index contributed by atoms with van der Waals surface area (Å²) < 4.78 is 0. The minimum absolute atomic E-state index is 0.0523. The summed E-state index contributed by atoms with van der Waals surface area (Å²) in [5.74, 6) is -0.322. The van der Waals surface area contributed by atoms with Gasteiger partial charge in [0.15, 0.2) is 0 Å². The molecule has 0 aliphatic heterocycles. The summed E-state index contributed by atoms with van der Waals surface area (Å²) in [7, 11) is 0. The highest BCUT2D eigenvalue weighted by molar-refractivity contribution is 7.17. The summed E-state index contributed by atoms with van der Waals surface area (Å²) >= 11 is 0.843. The fraction of sp³-hybridized carbons (Fsp3) is 0.444. The van der Waals surface area contributed by atoms with Crippen LogP contribution in [0.1, 0.15) is 22.5 Å². The monoisotopic (exact) mass is 269 g/mol. The predicted octanol–water partition coefficient (Wildman–Crippen LogP) is 2.48. The number of unbranched alkanes of at least 4 members (excludes halogenated alkanes) is 1. The number of nitrogens with zero attached hydrogens (tertiary/aromatic N) is 4. The first-order valence-electron chi connectivity index (χ1n) is 5.18. The number of carbonyl (C=O) groups is 1. The average Bonchev–Trinajstić information content (AvgIpc) is 2.83. The molecule has 1 aromatic rings. The number of nitro groups is 1. The molecule has 0 radical (unpaired) electrons. The quantitative estimate of drug-likeness (QED) is 0.204. The van der Waals surface area contributed by atoms with E-state index in [1.165, 1.54) is 12.1 Å². The van der Waals surface area contributed by atoms with Crippen LogP contribution < -0.4 is 5.32 Å². The molecule has 8 nitrogen and oxygen atoms in total. The van der Waals surface area contributed by atoms with Gasteiger partial charge < -0.3 is 5.32 Å². The van der Waals surface area contributed by atoms with Crippen molar-refractivity contribution in [3.8, 4) is 0 Å². The summed E-state index contributed by atoms with van der Waals surface area (Å²) in [5.41, 5.74) is 8.04. The van der Waals surface area contributed by atoms with Crippen LogP contribution in [0.25, 0.3) is 10.4 Å². The lowest BCUT2D eigenvalue weighted by Gasteiger charge is -2.01. The zero-order valence-corrected chi connectivity index (χ0v) is 10.2. The van der Waals surface area contributed by atoms with Crippen molar-refractivity contribution in [2.24, 2.45) is 5.11 Å². The zero-order chi connectivity index (χ0) is 13.4. The first-order valence-corrected chi connectivity index (χ1v) is 6.00. The van der Waals surface area contributed by atoms with Crippen molar-refractivity contribution in [3.05, 3.63) is 37.6 Å². The van der Waals surface area contributed by atoms with Gasteiger partial charge in [-0.15, -0.1) is 0 Å². The average molecular weight is 269 g/mol. The fourth-order valence-electron chi connectivity index (χ4n) is 1.19. The van der Waals surface area contributed by atoms with E-state index in [1.54, 1.807) is 0 Å². The normalized spacial score (nSPS) is 9.56. The third-order valence-electron chi connectivity index (χ3n) is 2.03. The second kappa shape index (κ2) is 7.25. The number of thiophene rings is 1. The number of carbonyl (C=O) groups excluding carboxylic acids is 1. The molecule has 1 amide bonds. The van der Waals surface area contributed by atoms with Gasteiger partial charge in [-0.05, 0) is 24.4 Å². The minimum Gasteiger partial charge on any atom is -0.351 e. The van der Waals surface area contributed by atoms with Crippen LogP contribution in [0.15, 0.2) is 17.2 Å². The Bertz CT molecular complexity index is 480. The Morgan fingerprint density at radius 1 is 1.56 bits per heavy atom.